The van der Waals surface area contributed by atoms with Crippen LogP contribution >= 0.6 is 0 Å². The quantitative estimate of drug-likeness (QED) is 0.475. The van der Waals surface area contributed by atoms with Gasteiger partial charge in [-0.25, -0.2) is 13.2 Å². The van der Waals surface area contributed by atoms with Crippen LogP contribution in [0.4, 0.5) is 18.9 Å². The second kappa shape index (κ2) is 9.41. The molecule has 1 N–H and O–H groups in total. The lowest BCUT2D eigenvalue weighted by Crippen LogP contribution is -2.48. The van der Waals surface area contributed by atoms with Gasteiger partial charge in [0.25, 0.3) is 5.92 Å². The Bertz CT molecular complexity index is 1240. The standard InChI is InChI=1S/C28H32BF3N2O4/c1-26(2)27(3,4)38-29(37-26)19-8-5-17(6-9-19)21-13-14-34(16-28(21,31)32)23-11-7-18(15-22(23)30)20-10-12-24(35)33-25(20)36/h5-9,11,15,20-21H,10,12-14,16H2,1-4H3,(H,33,35,36)/t20?,21-/m0/s1. The highest BCUT2D eigenvalue weighted by Gasteiger charge is 2.52. The van der Waals surface area contributed by atoms with E-state index in [0.29, 0.717) is 17.5 Å². The Balaban J connectivity index is 1.28. The molecule has 38 heavy (non-hydrogen) atoms. The van der Waals surface area contributed by atoms with E-state index in [4.69, 9.17) is 9.31 Å². The van der Waals surface area contributed by atoms with E-state index in [1.807, 2.05) is 27.7 Å². The second-order valence-electron chi connectivity index (χ2n) is 11.5. The van der Waals surface area contributed by atoms with Gasteiger partial charge in [0.2, 0.25) is 11.8 Å². The van der Waals surface area contributed by atoms with Crippen LogP contribution in [0.1, 0.15) is 69.9 Å². The molecule has 1 unspecified atom stereocenters. The highest BCUT2D eigenvalue weighted by Crippen LogP contribution is 2.42. The number of alkyl halides is 2. The van der Waals surface area contributed by atoms with Crippen LogP contribution in [0.15, 0.2) is 42.5 Å². The van der Waals surface area contributed by atoms with Crippen LogP contribution in [-0.2, 0) is 18.9 Å². The number of nitrogens with one attached hydrogen (secondary N) is 1. The van der Waals surface area contributed by atoms with Crippen LogP contribution in [0.25, 0.3) is 0 Å². The van der Waals surface area contributed by atoms with Crippen molar-refractivity contribution >= 4 is 30.1 Å². The van der Waals surface area contributed by atoms with Gasteiger partial charge in [0.1, 0.15) is 5.82 Å². The average molecular weight is 528 g/mol. The Morgan fingerprint density at radius 3 is 2.16 bits per heavy atom. The third-order valence-electron chi connectivity index (χ3n) is 8.42. The maximum Gasteiger partial charge on any atom is 0.494 e. The molecule has 2 atom stereocenters. The van der Waals surface area contributed by atoms with Crippen molar-refractivity contribution < 1.29 is 32.1 Å². The number of hydrogen-bond donors (Lipinski definition) is 1. The number of amides is 2. The van der Waals surface area contributed by atoms with Gasteiger partial charge in [0.05, 0.1) is 35.3 Å². The molecule has 3 aliphatic rings. The lowest BCUT2D eigenvalue weighted by Gasteiger charge is -2.40. The minimum atomic E-state index is -3.08. The molecule has 0 aromatic heterocycles. The zero-order chi connectivity index (χ0) is 27.5. The summed E-state index contributed by atoms with van der Waals surface area (Å²) in [5.74, 6) is -6.20. The number of hydrogen-bond acceptors (Lipinski definition) is 5. The molecule has 3 aliphatic heterocycles. The summed E-state index contributed by atoms with van der Waals surface area (Å²) in [6.07, 6.45) is 0.620. The minimum Gasteiger partial charge on any atom is -0.399 e. The predicted octanol–water partition coefficient (Wildman–Crippen LogP) is 4.27. The first-order valence-electron chi connectivity index (χ1n) is 13.0. The number of benzene rings is 2. The SMILES string of the molecule is CC1(C)OB(c2ccc([C@@H]3CCN(c4ccc(C5CCC(=O)NC5=O)cc4F)CC3(F)F)cc2)OC1(C)C. The van der Waals surface area contributed by atoms with E-state index in [1.165, 1.54) is 17.0 Å². The van der Waals surface area contributed by atoms with E-state index < -0.39 is 54.3 Å². The van der Waals surface area contributed by atoms with Crippen molar-refractivity contribution in [2.75, 3.05) is 18.0 Å². The van der Waals surface area contributed by atoms with Gasteiger partial charge in [-0.3, -0.25) is 14.9 Å². The molecule has 0 saturated carbocycles. The van der Waals surface area contributed by atoms with Crippen LogP contribution in [0.3, 0.4) is 0 Å². The number of nitrogens with zero attached hydrogens (tertiary/aromatic N) is 1. The molecule has 2 aromatic rings. The summed E-state index contributed by atoms with van der Waals surface area (Å²) in [4.78, 5) is 24.9. The van der Waals surface area contributed by atoms with Gasteiger partial charge in [0, 0.05) is 13.0 Å². The zero-order valence-electron chi connectivity index (χ0n) is 22.0. The number of piperidine rings is 2. The highest BCUT2D eigenvalue weighted by atomic mass is 19.3. The molecule has 0 bridgehead atoms. The smallest absolute Gasteiger partial charge is 0.399 e. The fourth-order valence-corrected chi connectivity index (χ4v) is 5.43. The molecule has 3 fully saturated rings. The van der Waals surface area contributed by atoms with Crippen LogP contribution in [-0.4, -0.2) is 49.1 Å². The Labute approximate surface area is 221 Å². The topological polar surface area (TPSA) is 67.9 Å². The fraction of sp³-hybridized carbons (Fsp3) is 0.500. The highest BCUT2D eigenvalue weighted by molar-refractivity contribution is 6.62. The van der Waals surface area contributed by atoms with Gasteiger partial charge in [-0.1, -0.05) is 30.3 Å². The molecule has 202 valence electrons. The molecule has 3 heterocycles. The third-order valence-corrected chi connectivity index (χ3v) is 8.42. The lowest BCUT2D eigenvalue weighted by molar-refractivity contribution is -0.134. The second-order valence-corrected chi connectivity index (χ2v) is 11.5. The monoisotopic (exact) mass is 528 g/mol. The number of rotatable bonds is 4. The van der Waals surface area contributed by atoms with E-state index in [0.717, 1.165) is 5.46 Å². The lowest BCUT2D eigenvalue weighted by atomic mass is 9.77. The number of carbonyl (C=O) groups is 2. The van der Waals surface area contributed by atoms with Gasteiger partial charge in [-0.05, 0) is 69.3 Å². The molecule has 0 spiro atoms. The normalized spacial score (nSPS) is 26.4. The predicted molar refractivity (Wildman–Crippen MR) is 138 cm³/mol. The number of imide groups is 1. The van der Waals surface area contributed by atoms with Gasteiger partial charge in [0.15, 0.2) is 0 Å². The van der Waals surface area contributed by atoms with Crippen molar-refractivity contribution in [1.29, 1.82) is 0 Å². The summed E-state index contributed by atoms with van der Waals surface area (Å²) in [6.45, 7) is 7.48. The van der Waals surface area contributed by atoms with Crippen molar-refractivity contribution in [3.05, 3.63) is 59.4 Å². The van der Waals surface area contributed by atoms with Crippen LogP contribution in [0.5, 0.6) is 0 Å². The summed E-state index contributed by atoms with van der Waals surface area (Å²) in [6, 6.07) is 11.2. The van der Waals surface area contributed by atoms with Gasteiger partial charge < -0.3 is 14.2 Å². The third kappa shape index (κ3) is 4.84. The van der Waals surface area contributed by atoms with Crippen LogP contribution in [0.2, 0.25) is 0 Å². The Hall–Kier alpha value is -2.85. The van der Waals surface area contributed by atoms with Crippen LogP contribution in [0, 0.1) is 5.82 Å². The fourth-order valence-electron chi connectivity index (χ4n) is 5.43. The molecule has 3 saturated heterocycles. The number of halogens is 3. The molecule has 10 heteroatoms. The van der Waals surface area contributed by atoms with Gasteiger partial charge >= 0.3 is 7.12 Å². The molecule has 0 aliphatic carbocycles. The first kappa shape index (κ1) is 26.7. The van der Waals surface area contributed by atoms with Crippen molar-refractivity contribution in [2.24, 2.45) is 0 Å². The summed E-state index contributed by atoms with van der Waals surface area (Å²) in [7, 11) is -0.567. The van der Waals surface area contributed by atoms with Crippen molar-refractivity contribution in [3.8, 4) is 0 Å². The Morgan fingerprint density at radius 2 is 1.58 bits per heavy atom. The van der Waals surface area contributed by atoms with E-state index in [9.17, 15) is 9.59 Å². The maximum absolute atomic E-state index is 15.4. The Kier molecular flexibility index (Phi) is 6.63. The largest absolute Gasteiger partial charge is 0.494 e. The van der Waals surface area contributed by atoms with E-state index in [-0.39, 0.29) is 31.0 Å². The number of anilines is 1. The van der Waals surface area contributed by atoms with E-state index in [2.05, 4.69) is 5.32 Å². The average Bonchev–Trinajstić information content (AvgIpc) is 3.05. The van der Waals surface area contributed by atoms with E-state index >= 15 is 13.2 Å². The maximum atomic E-state index is 15.4. The van der Waals surface area contributed by atoms with Crippen LogP contribution < -0.4 is 15.7 Å². The van der Waals surface area contributed by atoms with Gasteiger partial charge in [-0.15, -0.1) is 0 Å². The summed E-state index contributed by atoms with van der Waals surface area (Å²) in [5, 5.41) is 2.26. The first-order chi connectivity index (χ1) is 17.8. The Morgan fingerprint density at radius 1 is 0.947 bits per heavy atom. The minimum absolute atomic E-state index is 0.0790. The molecule has 2 amide bonds. The van der Waals surface area contributed by atoms with Crippen molar-refractivity contribution in [2.45, 2.75) is 75.9 Å². The molecule has 0 radical (unpaired) electrons. The zero-order valence-corrected chi connectivity index (χ0v) is 22.0. The summed E-state index contributed by atoms with van der Waals surface area (Å²) in [5.41, 5.74) is 0.807. The summed E-state index contributed by atoms with van der Waals surface area (Å²) < 4.78 is 57.9. The van der Waals surface area contributed by atoms with E-state index in [1.54, 1.807) is 30.3 Å². The van der Waals surface area contributed by atoms with Crippen molar-refractivity contribution in [3.63, 3.8) is 0 Å². The molecular weight excluding hydrogens is 496 g/mol. The summed E-state index contributed by atoms with van der Waals surface area (Å²) >= 11 is 0. The molecule has 6 nitrogen and oxygen atoms in total. The molecule has 2 aromatic carbocycles. The molecule has 5 rings (SSSR count). The first-order valence-corrected chi connectivity index (χ1v) is 13.0. The van der Waals surface area contributed by atoms with Crippen molar-refractivity contribution in [1.82, 2.24) is 5.32 Å². The molecular formula is C28H32BF3N2O4. The number of carbonyl (C=O) groups excluding carboxylic acids is 2. The van der Waals surface area contributed by atoms with Gasteiger partial charge in [-0.2, -0.15) is 0 Å².